The van der Waals surface area contributed by atoms with Crippen LogP contribution in [0.25, 0.3) is 0 Å². The smallest absolute Gasteiger partial charge is 0.248 e. The lowest BCUT2D eigenvalue weighted by atomic mass is 10.3. The Kier molecular flexibility index (Phi) is 8.90. The van der Waals surface area contributed by atoms with Crippen LogP contribution in [-0.4, -0.2) is 22.7 Å². The molecule has 3 amide bonds. The number of hydrazine groups is 2. The second kappa shape index (κ2) is 11.0. The Morgan fingerprint density at radius 1 is 0.774 bits per heavy atom. The first-order valence-electron chi connectivity index (χ1n) is 8.61. The van der Waals surface area contributed by atoms with Crippen LogP contribution in [0.1, 0.15) is 20.3 Å². The van der Waals surface area contributed by atoms with Crippen molar-refractivity contribution in [2.45, 2.75) is 20.3 Å². The van der Waals surface area contributed by atoms with Gasteiger partial charge in [-0.15, -0.1) is 0 Å². The summed E-state index contributed by atoms with van der Waals surface area (Å²) in [6.45, 7) is 2.75. The first-order valence-corrected chi connectivity index (χ1v) is 10.5. The molecule has 7 nitrogen and oxygen atoms in total. The van der Waals surface area contributed by atoms with Crippen molar-refractivity contribution in [2.75, 3.05) is 10.0 Å². The molecule has 12 heteroatoms. The van der Waals surface area contributed by atoms with Gasteiger partial charge in [-0.25, -0.2) is 10.0 Å². The highest BCUT2D eigenvalue weighted by Crippen LogP contribution is 2.34. The molecule has 0 aromatic heterocycles. The number of anilines is 2. The first-order chi connectivity index (χ1) is 14.5. The lowest BCUT2D eigenvalue weighted by Crippen LogP contribution is -2.50. The topological polar surface area (TPSA) is 81.8 Å². The van der Waals surface area contributed by atoms with E-state index < -0.39 is 24.1 Å². The number of thiocarbonyl (C=S) groups is 1. The van der Waals surface area contributed by atoms with E-state index >= 15 is 0 Å². The molecule has 0 heterocycles. The summed E-state index contributed by atoms with van der Waals surface area (Å²) in [6.07, 6.45) is -0.646. The van der Waals surface area contributed by atoms with Crippen LogP contribution < -0.4 is 20.9 Å². The summed E-state index contributed by atoms with van der Waals surface area (Å²) in [5.74, 6) is -2.09. The zero-order chi connectivity index (χ0) is 23.3. The van der Waals surface area contributed by atoms with Crippen LogP contribution in [0.15, 0.2) is 36.4 Å². The minimum atomic E-state index is -0.795. The summed E-state index contributed by atoms with van der Waals surface area (Å²) >= 11 is 29.7. The second-order valence-corrected chi connectivity index (χ2v) is 8.32. The van der Waals surface area contributed by atoms with Crippen molar-refractivity contribution in [1.29, 1.82) is 0 Å². The van der Waals surface area contributed by atoms with Gasteiger partial charge < -0.3 is 0 Å². The van der Waals surface area contributed by atoms with E-state index in [4.69, 9.17) is 58.6 Å². The van der Waals surface area contributed by atoms with Gasteiger partial charge in [0.25, 0.3) is 0 Å². The molecular weight excluding hydrogens is 506 g/mol. The van der Waals surface area contributed by atoms with Crippen molar-refractivity contribution in [3.8, 4) is 0 Å². The van der Waals surface area contributed by atoms with Crippen LogP contribution >= 0.6 is 58.6 Å². The van der Waals surface area contributed by atoms with Gasteiger partial charge in [-0.05, 0) is 31.2 Å². The third kappa shape index (κ3) is 6.44. The number of halogens is 4. The van der Waals surface area contributed by atoms with Crippen LogP contribution in [0.4, 0.5) is 11.4 Å². The van der Waals surface area contributed by atoms with Crippen molar-refractivity contribution >= 4 is 92.7 Å². The maximum atomic E-state index is 12.5. The van der Waals surface area contributed by atoms with Crippen molar-refractivity contribution < 1.29 is 14.4 Å². The summed E-state index contributed by atoms with van der Waals surface area (Å²) in [4.78, 5) is 37.2. The fourth-order valence-corrected chi connectivity index (χ4v) is 3.73. The molecular formula is C19H16Cl4N4O3S. The average molecular weight is 522 g/mol. The van der Waals surface area contributed by atoms with Gasteiger partial charge in [0.2, 0.25) is 17.7 Å². The number of rotatable bonds is 4. The lowest BCUT2D eigenvalue weighted by Gasteiger charge is -2.26. The molecule has 0 saturated carbocycles. The van der Waals surface area contributed by atoms with Crippen molar-refractivity contribution in [3.63, 3.8) is 0 Å². The van der Waals surface area contributed by atoms with E-state index in [0.717, 1.165) is 5.01 Å². The largest absolute Gasteiger partial charge is 0.273 e. The monoisotopic (exact) mass is 520 g/mol. The molecule has 0 aliphatic carbocycles. The molecule has 0 radical (unpaired) electrons. The predicted octanol–water partition coefficient (Wildman–Crippen LogP) is 4.96. The van der Waals surface area contributed by atoms with Gasteiger partial charge in [-0.1, -0.05) is 70.8 Å². The SMILES string of the molecule is CC(=O)N(NC(=O)CC(=O)NN(C(C)=S)c1c(Cl)cccc1Cl)c1c(Cl)cccc1Cl. The third-order valence-corrected chi connectivity index (χ3v) is 5.15. The predicted molar refractivity (Wildman–Crippen MR) is 128 cm³/mol. The Bertz CT molecular complexity index is 929. The van der Waals surface area contributed by atoms with Gasteiger partial charge in [-0.3, -0.25) is 25.2 Å². The summed E-state index contributed by atoms with van der Waals surface area (Å²) in [5.41, 5.74) is 5.15. The van der Waals surface area contributed by atoms with E-state index in [2.05, 4.69) is 10.9 Å². The Labute approximate surface area is 204 Å². The third-order valence-electron chi connectivity index (χ3n) is 3.75. The Balaban J connectivity index is 2.16. The minimum absolute atomic E-state index is 0.0892. The van der Waals surface area contributed by atoms with Crippen LogP contribution in [0.2, 0.25) is 20.1 Å². The highest BCUT2D eigenvalue weighted by molar-refractivity contribution is 7.80. The van der Waals surface area contributed by atoms with Crippen LogP contribution in [0, 0.1) is 0 Å². The summed E-state index contributed by atoms with van der Waals surface area (Å²) in [5, 5.41) is 2.85. The number of nitrogens with one attached hydrogen (secondary N) is 2. The Morgan fingerprint density at radius 2 is 1.13 bits per heavy atom. The van der Waals surface area contributed by atoms with E-state index in [-0.39, 0.29) is 36.5 Å². The normalized spacial score (nSPS) is 10.3. The molecule has 0 spiro atoms. The van der Waals surface area contributed by atoms with Gasteiger partial charge in [0, 0.05) is 6.92 Å². The number of hydrogen-bond acceptors (Lipinski definition) is 4. The van der Waals surface area contributed by atoms with Crippen molar-refractivity contribution in [1.82, 2.24) is 10.9 Å². The maximum absolute atomic E-state index is 12.5. The molecule has 31 heavy (non-hydrogen) atoms. The average Bonchev–Trinajstić information content (AvgIpc) is 2.65. The first kappa shape index (κ1) is 25.2. The second-order valence-electron chi connectivity index (χ2n) is 6.10. The molecule has 0 unspecified atom stereocenters. The minimum Gasteiger partial charge on any atom is -0.273 e. The zero-order valence-electron chi connectivity index (χ0n) is 16.2. The lowest BCUT2D eigenvalue weighted by molar-refractivity contribution is -0.131. The molecule has 2 aromatic carbocycles. The van der Waals surface area contributed by atoms with E-state index in [1.54, 1.807) is 31.2 Å². The van der Waals surface area contributed by atoms with Crippen molar-refractivity contribution in [2.24, 2.45) is 0 Å². The fourth-order valence-electron chi connectivity index (χ4n) is 2.46. The van der Waals surface area contributed by atoms with Gasteiger partial charge in [-0.2, -0.15) is 0 Å². The van der Waals surface area contributed by atoms with E-state index in [1.165, 1.54) is 24.1 Å². The van der Waals surface area contributed by atoms with Crippen molar-refractivity contribution in [3.05, 3.63) is 56.5 Å². The Hall–Kier alpha value is -2.10. The van der Waals surface area contributed by atoms with Gasteiger partial charge in [0.05, 0.1) is 20.1 Å². The van der Waals surface area contributed by atoms with Gasteiger partial charge >= 0.3 is 0 Å². The Morgan fingerprint density at radius 3 is 1.48 bits per heavy atom. The number of nitrogens with zero attached hydrogens (tertiary/aromatic N) is 2. The molecule has 0 fully saturated rings. The van der Waals surface area contributed by atoms with E-state index in [9.17, 15) is 14.4 Å². The molecule has 2 N–H and O–H groups in total. The van der Waals surface area contributed by atoms with Crippen LogP contribution in [-0.2, 0) is 14.4 Å². The van der Waals surface area contributed by atoms with E-state index in [0.29, 0.717) is 0 Å². The number of amides is 3. The molecule has 0 aliphatic rings. The quantitative estimate of drug-likeness (QED) is 0.337. The zero-order valence-corrected chi connectivity index (χ0v) is 20.1. The fraction of sp³-hybridized carbons (Fsp3) is 0.158. The molecule has 164 valence electrons. The number of carbonyl (C=O) groups is 3. The standard InChI is InChI=1S/C19H16Cl4N4O3S/c1-10(28)26(18-12(20)5-3-6-13(18)21)24-16(29)9-17(30)25-27(11(2)31)19-14(22)7-4-8-15(19)23/h3-8H,9H2,1-2H3,(H,24,29)(H,25,30). The molecule has 0 saturated heterocycles. The highest BCUT2D eigenvalue weighted by Gasteiger charge is 2.23. The van der Waals surface area contributed by atoms with Crippen LogP contribution in [0.5, 0.6) is 0 Å². The summed E-state index contributed by atoms with van der Waals surface area (Å²) < 4.78 is 0. The molecule has 2 aromatic rings. The molecule has 0 aliphatic heterocycles. The summed E-state index contributed by atoms with van der Waals surface area (Å²) in [7, 11) is 0. The number of carbonyl (C=O) groups excluding carboxylic acids is 3. The van der Waals surface area contributed by atoms with Gasteiger partial charge in [0.15, 0.2) is 0 Å². The van der Waals surface area contributed by atoms with Crippen LogP contribution in [0.3, 0.4) is 0 Å². The highest BCUT2D eigenvalue weighted by atomic mass is 35.5. The number of benzene rings is 2. The molecule has 2 rings (SSSR count). The van der Waals surface area contributed by atoms with E-state index in [1.807, 2.05) is 0 Å². The molecule has 0 atom stereocenters. The van der Waals surface area contributed by atoms with Gasteiger partial charge in [0.1, 0.15) is 22.8 Å². The summed E-state index contributed by atoms with van der Waals surface area (Å²) in [6, 6.07) is 9.38. The number of para-hydroxylation sites is 2. The maximum Gasteiger partial charge on any atom is 0.248 e. The number of hydrogen-bond donors (Lipinski definition) is 2. The molecule has 0 bridgehead atoms.